The van der Waals surface area contributed by atoms with Gasteiger partial charge >= 0.3 is 0 Å². The molecule has 1 aliphatic rings. The molecule has 0 bridgehead atoms. The third-order valence-corrected chi connectivity index (χ3v) is 10.6. The number of sulfonamides is 1. The molecular weight excluding hydrogens is 642 g/mol. The number of nitrogens with one attached hydrogen (secondary N) is 1. The van der Waals surface area contributed by atoms with Crippen molar-refractivity contribution in [3.05, 3.63) is 126 Å². The first-order valence-electron chi connectivity index (χ1n) is 16.8. The van der Waals surface area contributed by atoms with E-state index in [1.54, 1.807) is 12.1 Å². The molecule has 8 nitrogen and oxygen atoms in total. The third kappa shape index (κ3) is 9.47. The topological polar surface area (TPSA) is 96.0 Å². The van der Waals surface area contributed by atoms with E-state index in [9.17, 15) is 22.4 Å². The SMILES string of the molecule is CCOc1ccc(S(=O)(=O)N(CC(=O)N(Cc2cccc(C)c2)[C@H](Cc2ccccc2)C(=O)NC2CCCCC2)c2ccc(F)cc2)cc1. The summed E-state index contributed by atoms with van der Waals surface area (Å²) in [7, 11) is -4.33. The summed E-state index contributed by atoms with van der Waals surface area (Å²) in [6.45, 7) is 3.66. The number of carbonyl (C=O) groups is 2. The van der Waals surface area contributed by atoms with Crippen LogP contribution in [0.4, 0.5) is 10.1 Å². The van der Waals surface area contributed by atoms with Gasteiger partial charge in [0.05, 0.1) is 17.2 Å². The molecule has 258 valence electrons. The number of rotatable bonds is 14. The second-order valence-electron chi connectivity index (χ2n) is 12.5. The first kappa shape index (κ1) is 35.6. The Bertz CT molecular complexity index is 1790. The normalized spacial score (nSPS) is 14.1. The summed E-state index contributed by atoms with van der Waals surface area (Å²) in [4.78, 5) is 30.3. The maximum absolute atomic E-state index is 14.7. The van der Waals surface area contributed by atoms with Crippen molar-refractivity contribution >= 4 is 27.5 Å². The number of ether oxygens (including phenoxy) is 1. The average Bonchev–Trinajstić information content (AvgIpc) is 3.10. The number of anilines is 1. The van der Waals surface area contributed by atoms with Crippen molar-refractivity contribution in [2.75, 3.05) is 17.5 Å². The summed E-state index contributed by atoms with van der Waals surface area (Å²) < 4.78 is 49.0. The zero-order chi connectivity index (χ0) is 34.8. The van der Waals surface area contributed by atoms with Crippen LogP contribution >= 0.6 is 0 Å². The van der Waals surface area contributed by atoms with Gasteiger partial charge in [-0.15, -0.1) is 0 Å². The monoisotopic (exact) mass is 685 g/mol. The van der Waals surface area contributed by atoms with E-state index in [4.69, 9.17) is 4.74 Å². The summed E-state index contributed by atoms with van der Waals surface area (Å²) >= 11 is 0. The summed E-state index contributed by atoms with van der Waals surface area (Å²) in [5.41, 5.74) is 2.78. The molecular formula is C39H44FN3O5S. The fourth-order valence-electron chi connectivity index (χ4n) is 6.24. The number of nitrogens with zero attached hydrogens (tertiary/aromatic N) is 2. The van der Waals surface area contributed by atoms with Gasteiger partial charge in [-0.05, 0) is 86.3 Å². The Kier molecular flexibility index (Phi) is 12.1. The smallest absolute Gasteiger partial charge is 0.264 e. The lowest BCUT2D eigenvalue weighted by Gasteiger charge is -2.35. The molecule has 1 saturated carbocycles. The quantitative estimate of drug-likeness (QED) is 0.157. The lowest BCUT2D eigenvalue weighted by atomic mass is 9.94. The first-order chi connectivity index (χ1) is 23.6. The molecule has 1 aliphatic carbocycles. The van der Waals surface area contributed by atoms with Crippen LogP contribution < -0.4 is 14.4 Å². The van der Waals surface area contributed by atoms with Gasteiger partial charge in [0.25, 0.3) is 10.0 Å². The van der Waals surface area contributed by atoms with Gasteiger partial charge in [0.1, 0.15) is 24.2 Å². The molecule has 4 aromatic rings. The minimum atomic E-state index is -4.33. The van der Waals surface area contributed by atoms with Gasteiger partial charge in [-0.1, -0.05) is 79.4 Å². The number of aryl methyl sites for hydroxylation is 1. The van der Waals surface area contributed by atoms with Crippen molar-refractivity contribution in [3.8, 4) is 5.75 Å². The average molecular weight is 686 g/mol. The van der Waals surface area contributed by atoms with Crippen molar-refractivity contribution < 1.29 is 27.1 Å². The van der Waals surface area contributed by atoms with Crippen LogP contribution in [-0.2, 0) is 32.6 Å². The molecule has 2 amide bonds. The second-order valence-corrected chi connectivity index (χ2v) is 14.3. The zero-order valence-electron chi connectivity index (χ0n) is 28.1. The number of amides is 2. The van der Waals surface area contributed by atoms with Crippen LogP contribution in [0.1, 0.15) is 55.7 Å². The number of hydrogen-bond donors (Lipinski definition) is 1. The molecule has 10 heteroatoms. The Morgan fingerprint density at radius 1 is 0.878 bits per heavy atom. The Labute approximate surface area is 289 Å². The lowest BCUT2D eigenvalue weighted by Crippen LogP contribution is -2.55. The van der Waals surface area contributed by atoms with Crippen LogP contribution in [0.25, 0.3) is 0 Å². The number of benzene rings is 4. The molecule has 4 aromatic carbocycles. The molecule has 1 atom stereocenters. The highest BCUT2D eigenvalue weighted by atomic mass is 32.2. The molecule has 0 spiro atoms. The minimum absolute atomic E-state index is 0.00574. The van der Waals surface area contributed by atoms with Crippen molar-refractivity contribution in [3.63, 3.8) is 0 Å². The van der Waals surface area contributed by atoms with Gasteiger partial charge in [0.15, 0.2) is 0 Å². The van der Waals surface area contributed by atoms with Gasteiger partial charge in [0, 0.05) is 19.0 Å². The molecule has 0 aliphatic heterocycles. The van der Waals surface area contributed by atoms with E-state index in [1.165, 1.54) is 29.2 Å². The van der Waals surface area contributed by atoms with Crippen LogP contribution in [0.15, 0.2) is 108 Å². The second kappa shape index (κ2) is 16.6. The molecule has 0 saturated heterocycles. The number of hydrogen-bond acceptors (Lipinski definition) is 5. The highest BCUT2D eigenvalue weighted by Crippen LogP contribution is 2.27. The Hall–Kier alpha value is -4.70. The van der Waals surface area contributed by atoms with Gasteiger partial charge in [-0.3, -0.25) is 13.9 Å². The molecule has 5 rings (SSSR count). The van der Waals surface area contributed by atoms with E-state index in [0.717, 1.165) is 65.2 Å². The fourth-order valence-corrected chi connectivity index (χ4v) is 7.66. The Morgan fingerprint density at radius 3 is 2.20 bits per heavy atom. The van der Waals surface area contributed by atoms with Gasteiger partial charge in [-0.2, -0.15) is 0 Å². The van der Waals surface area contributed by atoms with Crippen molar-refractivity contribution in [1.82, 2.24) is 10.2 Å². The number of carbonyl (C=O) groups excluding carboxylic acids is 2. The van der Waals surface area contributed by atoms with E-state index in [0.29, 0.717) is 12.4 Å². The van der Waals surface area contributed by atoms with E-state index in [1.807, 2.05) is 68.4 Å². The molecule has 0 heterocycles. The lowest BCUT2D eigenvalue weighted by molar-refractivity contribution is -0.140. The molecule has 49 heavy (non-hydrogen) atoms. The highest BCUT2D eigenvalue weighted by molar-refractivity contribution is 7.92. The molecule has 0 radical (unpaired) electrons. The highest BCUT2D eigenvalue weighted by Gasteiger charge is 2.35. The Balaban J connectivity index is 1.55. The van der Waals surface area contributed by atoms with E-state index >= 15 is 0 Å². The molecule has 1 fully saturated rings. The van der Waals surface area contributed by atoms with Crippen LogP contribution in [0.5, 0.6) is 5.75 Å². The van der Waals surface area contributed by atoms with Crippen LogP contribution in [0.3, 0.4) is 0 Å². The minimum Gasteiger partial charge on any atom is -0.494 e. The van der Waals surface area contributed by atoms with Crippen molar-refractivity contribution in [2.45, 2.75) is 75.9 Å². The van der Waals surface area contributed by atoms with Gasteiger partial charge < -0.3 is 15.0 Å². The maximum Gasteiger partial charge on any atom is 0.264 e. The van der Waals surface area contributed by atoms with E-state index in [-0.39, 0.29) is 35.5 Å². The zero-order valence-corrected chi connectivity index (χ0v) is 28.9. The summed E-state index contributed by atoms with van der Waals surface area (Å²) in [5, 5.41) is 3.22. The predicted octanol–water partition coefficient (Wildman–Crippen LogP) is 6.82. The number of halogens is 1. The van der Waals surface area contributed by atoms with Crippen LogP contribution in [0, 0.1) is 12.7 Å². The molecule has 1 N–H and O–H groups in total. The van der Waals surface area contributed by atoms with Gasteiger partial charge in [-0.25, -0.2) is 12.8 Å². The van der Waals surface area contributed by atoms with Crippen LogP contribution in [0.2, 0.25) is 0 Å². The maximum atomic E-state index is 14.7. The van der Waals surface area contributed by atoms with E-state index in [2.05, 4.69) is 5.32 Å². The standard InChI is InChI=1S/C39H44FN3O5S/c1-3-48-35-21-23-36(24-22-35)49(46,47)43(34-19-17-32(40)18-20-34)28-38(44)42(27-31-14-10-11-29(2)25-31)37(26-30-12-6-4-7-13-30)39(45)41-33-15-8-5-9-16-33/h4,6-7,10-14,17-25,33,37H,3,5,8-9,15-16,26-28H2,1-2H3,(H,41,45)/t37-/m1/s1. The van der Waals surface area contributed by atoms with Crippen molar-refractivity contribution in [2.24, 2.45) is 0 Å². The summed E-state index contributed by atoms with van der Waals surface area (Å²) in [6.07, 6.45) is 5.15. The largest absolute Gasteiger partial charge is 0.494 e. The Morgan fingerprint density at radius 2 is 1.55 bits per heavy atom. The first-order valence-corrected chi connectivity index (χ1v) is 18.3. The van der Waals surface area contributed by atoms with Crippen LogP contribution in [-0.4, -0.2) is 50.4 Å². The summed E-state index contributed by atoms with van der Waals surface area (Å²) in [5.74, 6) is -0.890. The predicted molar refractivity (Wildman–Crippen MR) is 189 cm³/mol. The molecule has 0 aromatic heterocycles. The van der Waals surface area contributed by atoms with Crippen molar-refractivity contribution in [1.29, 1.82) is 0 Å². The fraction of sp³-hybridized carbons (Fsp3) is 0.333. The summed E-state index contributed by atoms with van der Waals surface area (Å²) in [6, 6.07) is 27.2. The van der Waals surface area contributed by atoms with Gasteiger partial charge in [0.2, 0.25) is 11.8 Å². The molecule has 0 unspecified atom stereocenters. The third-order valence-electron chi connectivity index (χ3n) is 8.77. The van der Waals surface area contributed by atoms with E-state index < -0.39 is 34.3 Å².